The lowest BCUT2D eigenvalue weighted by Crippen LogP contribution is -2.22. The molecular formula is C20H16Cl2N2O3S. The van der Waals surface area contributed by atoms with Crippen LogP contribution in [0.15, 0.2) is 70.2 Å². The number of furan rings is 1. The molecule has 0 radical (unpaired) electrons. The van der Waals surface area contributed by atoms with Gasteiger partial charge in [0.2, 0.25) is 5.91 Å². The third-order valence-corrected chi connectivity index (χ3v) is 5.36. The number of hydrogen-bond donors (Lipinski definition) is 2. The summed E-state index contributed by atoms with van der Waals surface area (Å²) >= 11 is 13.4. The van der Waals surface area contributed by atoms with Gasteiger partial charge in [0.25, 0.3) is 5.91 Å². The molecule has 2 amide bonds. The van der Waals surface area contributed by atoms with Crippen LogP contribution in [0.1, 0.15) is 17.5 Å². The molecule has 1 unspecified atom stereocenters. The molecule has 1 heterocycles. The van der Waals surface area contributed by atoms with Crippen LogP contribution in [0.3, 0.4) is 0 Å². The van der Waals surface area contributed by atoms with Crippen LogP contribution in [0.4, 0.5) is 11.4 Å². The van der Waals surface area contributed by atoms with Crippen molar-refractivity contribution in [2.75, 3.05) is 10.6 Å². The number of carbonyl (C=O) groups is 2. The van der Waals surface area contributed by atoms with E-state index in [-0.39, 0.29) is 17.6 Å². The molecule has 8 heteroatoms. The van der Waals surface area contributed by atoms with Gasteiger partial charge < -0.3 is 15.1 Å². The van der Waals surface area contributed by atoms with Gasteiger partial charge in [-0.3, -0.25) is 9.59 Å². The number of halogens is 2. The topological polar surface area (TPSA) is 71.3 Å². The average Bonchev–Trinajstić information content (AvgIpc) is 3.20. The molecule has 1 atom stereocenters. The second kappa shape index (κ2) is 9.19. The molecule has 5 nitrogen and oxygen atoms in total. The van der Waals surface area contributed by atoms with Gasteiger partial charge in [0.15, 0.2) is 5.76 Å². The van der Waals surface area contributed by atoms with Gasteiger partial charge in [-0.1, -0.05) is 29.3 Å². The van der Waals surface area contributed by atoms with Gasteiger partial charge in [-0.25, -0.2) is 0 Å². The summed E-state index contributed by atoms with van der Waals surface area (Å²) in [4.78, 5) is 25.4. The first kappa shape index (κ1) is 20.3. The number of nitrogens with one attached hydrogen (secondary N) is 2. The maximum absolute atomic E-state index is 12.5. The Balaban J connectivity index is 1.63. The molecule has 3 aromatic rings. The Labute approximate surface area is 176 Å². The standard InChI is InChI=1S/C20H16Cl2N2O3S/c1-12(19(25)24-17-10-13(21)7-8-16(17)22)28-15-5-2-4-14(11-15)23-20(26)18-6-3-9-27-18/h2-12H,1H3,(H,23,26)(H,24,25). The highest BCUT2D eigenvalue weighted by atomic mass is 35.5. The van der Waals surface area contributed by atoms with Crippen molar-refractivity contribution in [3.63, 3.8) is 0 Å². The monoisotopic (exact) mass is 434 g/mol. The van der Waals surface area contributed by atoms with Gasteiger partial charge in [-0.15, -0.1) is 11.8 Å². The van der Waals surface area contributed by atoms with Crippen molar-refractivity contribution in [1.82, 2.24) is 0 Å². The molecule has 0 bridgehead atoms. The van der Waals surface area contributed by atoms with Crippen LogP contribution >= 0.6 is 35.0 Å². The first-order valence-corrected chi connectivity index (χ1v) is 9.93. The highest BCUT2D eigenvalue weighted by Gasteiger charge is 2.17. The Morgan fingerprint density at radius 2 is 1.86 bits per heavy atom. The minimum atomic E-state index is -0.397. The molecule has 2 aromatic carbocycles. The third-order valence-electron chi connectivity index (χ3n) is 3.71. The van der Waals surface area contributed by atoms with E-state index in [2.05, 4.69) is 10.6 Å². The number of carbonyl (C=O) groups excluding carboxylic acids is 2. The molecule has 0 saturated carbocycles. The SMILES string of the molecule is CC(Sc1cccc(NC(=O)c2ccco2)c1)C(=O)Nc1cc(Cl)ccc1Cl. The summed E-state index contributed by atoms with van der Waals surface area (Å²) in [6.07, 6.45) is 1.44. The summed E-state index contributed by atoms with van der Waals surface area (Å²) in [6, 6.07) is 15.3. The number of hydrogen-bond acceptors (Lipinski definition) is 4. The lowest BCUT2D eigenvalue weighted by Gasteiger charge is -2.14. The predicted molar refractivity (Wildman–Crippen MR) is 114 cm³/mol. The van der Waals surface area contributed by atoms with Crippen LogP contribution < -0.4 is 10.6 Å². The van der Waals surface area contributed by atoms with Crippen LogP contribution in [0.5, 0.6) is 0 Å². The minimum Gasteiger partial charge on any atom is -0.459 e. The van der Waals surface area contributed by atoms with E-state index in [0.29, 0.717) is 21.4 Å². The first-order valence-electron chi connectivity index (χ1n) is 8.30. The number of amides is 2. The van der Waals surface area contributed by atoms with E-state index in [1.54, 1.807) is 55.5 Å². The van der Waals surface area contributed by atoms with E-state index in [9.17, 15) is 9.59 Å². The fourth-order valence-electron chi connectivity index (χ4n) is 2.33. The summed E-state index contributed by atoms with van der Waals surface area (Å²) in [5.74, 6) is -0.322. The predicted octanol–water partition coefficient (Wildman–Crippen LogP) is 5.96. The lowest BCUT2D eigenvalue weighted by atomic mass is 10.3. The summed E-state index contributed by atoms with van der Waals surface area (Å²) in [5.41, 5.74) is 1.07. The Hall–Kier alpha value is -2.41. The van der Waals surface area contributed by atoms with Crippen LogP contribution in [0.25, 0.3) is 0 Å². The highest BCUT2D eigenvalue weighted by Crippen LogP contribution is 2.29. The summed E-state index contributed by atoms with van der Waals surface area (Å²) in [6.45, 7) is 1.78. The van der Waals surface area contributed by atoms with Crippen LogP contribution in [-0.4, -0.2) is 17.1 Å². The Morgan fingerprint density at radius 1 is 1.04 bits per heavy atom. The maximum Gasteiger partial charge on any atom is 0.291 e. The maximum atomic E-state index is 12.5. The molecule has 0 aliphatic carbocycles. The molecule has 1 aromatic heterocycles. The number of rotatable bonds is 6. The van der Waals surface area contributed by atoms with Crippen molar-refractivity contribution in [2.24, 2.45) is 0 Å². The van der Waals surface area contributed by atoms with Gasteiger partial charge >= 0.3 is 0 Å². The second-order valence-electron chi connectivity index (χ2n) is 5.83. The van der Waals surface area contributed by atoms with Crippen molar-refractivity contribution in [2.45, 2.75) is 17.1 Å². The molecule has 0 spiro atoms. The van der Waals surface area contributed by atoms with Crippen molar-refractivity contribution >= 4 is 58.2 Å². The molecule has 144 valence electrons. The fourth-order valence-corrected chi connectivity index (χ4v) is 3.60. The third kappa shape index (κ3) is 5.32. The van der Waals surface area contributed by atoms with E-state index in [0.717, 1.165) is 4.90 Å². The Kier molecular flexibility index (Phi) is 6.67. The van der Waals surface area contributed by atoms with Gasteiger partial charge in [0.1, 0.15) is 0 Å². The highest BCUT2D eigenvalue weighted by molar-refractivity contribution is 8.00. The van der Waals surface area contributed by atoms with E-state index < -0.39 is 5.25 Å². The van der Waals surface area contributed by atoms with Gasteiger partial charge in [0, 0.05) is 15.6 Å². The van der Waals surface area contributed by atoms with E-state index in [4.69, 9.17) is 27.6 Å². The Bertz CT molecular complexity index is 993. The number of thioether (sulfide) groups is 1. The smallest absolute Gasteiger partial charge is 0.291 e. The molecule has 0 saturated heterocycles. The van der Waals surface area contributed by atoms with Crippen LogP contribution in [0.2, 0.25) is 10.0 Å². The minimum absolute atomic E-state index is 0.209. The zero-order chi connectivity index (χ0) is 20.1. The molecule has 2 N–H and O–H groups in total. The van der Waals surface area contributed by atoms with Crippen LogP contribution in [-0.2, 0) is 4.79 Å². The van der Waals surface area contributed by atoms with Gasteiger partial charge in [0.05, 0.1) is 22.2 Å². The number of benzene rings is 2. The first-order chi connectivity index (χ1) is 13.4. The van der Waals surface area contributed by atoms with E-state index >= 15 is 0 Å². The van der Waals surface area contributed by atoms with Crippen molar-refractivity contribution in [1.29, 1.82) is 0 Å². The van der Waals surface area contributed by atoms with Gasteiger partial charge in [-0.2, -0.15) is 0 Å². The molecular weight excluding hydrogens is 419 g/mol. The molecule has 0 aliphatic rings. The summed E-state index contributed by atoms with van der Waals surface area (Å²) in [7, 11) is 0. The molecule has 0 aliphatic heterocycles. The lowest BCUT2D eigenvalue weighted by molar-refractivity contribution is -0.115. The van der Waals surface area contributed by atoms with Gasteiger partial charge in [-0.05, 0) is 55.5 Å². The second-order valence-corrected chi connectivity index (χ2v) is 8.09. The zero-order valence-electron chi connectivity index (χ0n) is 14.7. The fraction of sp³-hybridized carbons (Fsp3) is 0.100. The van der Waals surface area contributed by atoms with E-state index in [1.165, 1.54) is 18.0 Å². The van der Waals surface area contributed by atoms with Crippen LogP contribution in [0, 0.1) is 0 Å². The zero-order valence-corrected chi connectivity index (χ0v) is 17.1. The Morgan fingerprint density at radius 3 is 2.61 bits per heavy atom. The molecule has 3 rings (SSSR count). The largest absolute Gasteiger partial charge is 0.459 e. The average molecular weight is 435 g/mol. The van der Waals surface area contributed by atoms with Crippen molar-refractivity contribution in [3.8, 4) is 0 Å². The molecule has 28 heavy (non-hydrogen) atoms. The summed E-state index contributed by atoms with van der Waals surface area (Å²) in [5, 5.41) is 6.04. The van der Waals surface area contributed by atoms with Crippen molar-refractivity contribution in [3.05, 3.63) is 76.7 Å². The van der Waals surface area contributed by atoms with E-state index in [1.807, 2.05) is 6.07 Å². The molecule has 0 fully saturated rings. The summed E-state index contributed by atoms with van der Waals surface area (Å²) < 4.78 is 5.08. The van der Waals surface area contributed by atoms with Crippen molar-refractivity contribution < 1.29 is 14.0 Å². The number of anilines is 2. The normalized spacial score (nSPS) is 11.7. The quantitative estimate of drug-likeness (QED) is 0.469.